The molecule has 0 radical (unpaired) electrons. The third kappa shape index (κ3) is 10.1. The Morgan fingerprint density at radius 1 is 0.850 bits per heavy atom. The van der Waals surface area contributed by atoms with Crippen LogP contribution in [0.15, 0.2) is 54.9 Å². The molecule has 1 aromatic carbocycles. The molecule has 1 saturated heterocycles. The molecule has 0 saturated carbocycles. The van der Waals surface area contributed by atoms with Gasteiger partial charge in [-0.25, -0.2) is 0 Å². The molecule has 40 heavy (non-hydrogen) atoms. The minimum absolute atomic E-state index is 0.147. The number of nitrogens with one attached hydrogen (secondary N) is 4. The quantitative estimate of drug-likeness (QED) is 0.447. The molecule has 2 aromatic rings. The Hall–Kier alpha value is -3.79. The van der Waals surface area contributed by atoms with E-state index in [1.54, 1.807) is 19.3 Å². The molecule has 2 heterocycles. The number of pyridine rings is 1. The lowest BCUT2D eigenvalue weighted by Crippen LogP contribution is -2.57. The van der Waals surface area contributed by atoms with Crippen LogP contribution < -0.4 is 21.3 Å². The average Bonchev–Trinajstić information content (AvgIpc) is 2.93. The van der Waals surface area contributed by atoms with Gasteiger partial charge in [0.2, 0.25) is 23.6 Å². The van der Waals surface area contributed by atoms with Gasteiger partial charge in [-0.15, -0.1) is 0 Å². The number of rotatable bonds is 5. The Bertz CT molecular complexity index is 1110. The maximum atomic E-state index is 13.2. The van der Waals surface area contributed by atoms with Crippen molar-refractivity contribution in [3.63, 3.8) is 0 Å². The Morgan fingerprint density at radius 3 is 2.25 bits per heavy atom. The number of nitrogens with zero attached hydrogens (tertiary/aromatic N) is 2. The van der Waals surface area contributed by atoms with E-state index in [4.69, 9.17) is 0 Å². The van der Waals surface area contributed by atoms with E-state index in [1.807, 2.05) is 56.3 Å². The highest BCUT2D eigenvalue weighted by atomic mass is 16.2. The molecule has 0 aliphatic carbocycles. The molecule has 10 heteroatoms. The highest BCUT2D eigenvalue weighted by molar-refractivity contribution is 5.94. The van der Waals surface area contributed by atoms with Gasteiger partial charge in [0, 0.05) is 44.9 Å². The fourth-order valence-electron chi connectivity index (χ4n) is 4.62. The number of hydrogen-bond acceptors (Lipinski definition) is 6. The number of amides is 4. The van der Waals surface area contributed by atoms with Crippen molar-refractivity contribution in [2.75, 3.05) is 19.6 Å². The Balaban J connectivity index is 1.78. The van der Waals surface area contributed by atoms with Crippen LogP contribution in [-0.2, 0) is 32.1 Å². The Labute approximate surface area is 236 Å². The third-order valence-corrected chi connectivity index (χ3v) is 6.92. The number of benzene rings is 1. The normalized spacial score (nSPS) is 22.9. The molecular weight excluding hydrogens is 508 g/mol. The van der Waals surface area contributed by atoms with Crippen molar-refractivity contribution < 1.29 is 19.2 Å². The van der Waals surface area contributed by atoms with E-state index >= 15 is 0 Å². The zero-order chi connectivity index (χ0) is 28.9. The molecule has 216 valence electrons. The van der Waals surface area contributed by atoms with E-state index in [0.717, 1.165) is 17.7 Å². The molecule has 1 aliphatic rings. The van der Waals surface area contributed by atoms with Crippen molar-refractivity contribution >= 4 is 23.6 Å². The van der Waals surface area contributed by atoms with E-state index in [0.29, 0.717) is 32.5 Å². The maximum Gasteiger partial charge on any atom is 0.243 e. The average molecular weight is 551 g/mol. The molecule has 10 nitrogen and oxygen atoms in total. The number of carbonyl (C=O) groups is 4. The van der Waals surface area contributed by atoms with Crippen molar-refractivity contribution in [2.45, 2.75) is 71.1 Å². The first-order chi connectivity index (χ1) is 19.2. The van der Waals surface area contributed by atoms with E-state index < -0.39 is 29.9 Å². The van der Waals surface area contributed by atoms with Crippen LogP contribution in [-0.4, -0.2) is 71.3 Å². The fraction of sp³-hybridized carbons (Fsp3) is 0.500. The van der Waals surface area contributed by atoms with Gasteiger partial charge in [-0.05, 0) is 55.5 Å². The summed E-state index contributed by atoms with van der Waals surface area (Å²) in [7, 11) is 0. The zero-order valence-corrected chi connectivity index (χ0v) is 23.7. The van der Waals surface area contributed by atoms with Gasteiger partial charge in [0.05, 0.1) is 0 Å². The molecule has 1 aliphatic heterocycles. The largest absolute Gasteiger partial charge is 0.354 e. The summed E-state index contributed by atoms with van der Waals surface area (Å²) in [5, 5.41) is 11.3. The first kappa shape index (κ1) is 30.7. The molecule has 0 bridgehead atoms. The van der Waals surface area contributed by atoms with Gasteiger partial charge >= 0.3 is 0 Å². The van der Waals surface area contributed by atoms with Crippen molar-refractivity contribution in [1.29, 1.82) is 0 Å². The SMILES string of the molecule is CC(C)[C@H]1NC(=O)[C@@H](C)NC(=O)[C@H](Cc2ccccc2)NC(=O)CCCN(Cc2ccncc2)CCCNC1=O. The Morgan fingerprint density at radius 2 is 1.55 bits per heavy atom. The van der Waals surface area contributed by atoms with Crippen molar-refractivity contribution in [3.05, 3.63) is 66.0 Å². The van der Waals surface area contributed by atoms with Crippen molar-refractivity contribution in [1.82, 2.24) is 31.2 Å². The highest BCUT2D eigenvalue weighted by Crippen LogP contribution is 2.09. The second-order valence-electron chi connectivity index (χ2n) is 10.7. The molecule has 0 unspecified atom stereocenters. The second-order valence-corrected chi connectivity index (χ2v) is 10.7. The smallest absolute Gasteiger partial charge is 0.243 e. The summed E-state index contributed by atoms with van der Waals surface area (Å²) in [6, 6.07) is 10.9. The van der Waals surface area contributed by atoms with Gasteiger partial charge in [-0.2, -0.15) is 0 Å². The number of carbonyl (C=O) groups excluding carboxylic acids is 4. The van der Waals surface area contributed by atoms with Gasteiger partial charge in [0.15, 0.2) is 0 Å². The molecule has 3 rings (SSSR count). The van der Waals surface area contributed by atoms with E-state index in [2.05, 4.69) is 31.2 Å². The van der Waals surface area contributed by atoms with Gasteiger partial charge in [-0.3, -0.25) is 29.1 Å². The summed E-state index contributed by atoms with van der Waals surface area (Å²) >= 11 is 0. The lowest BCUT2D eigenvalue weighted by Gasteiger charge is -2.26. The van der Waals surface area contributed by atoms with Crippen LogP contribution in [0.2, 0.25) is 0 Å². The summed E-state index contributed by atoms with van der Waals surface area (Å²) in [5.41, 5.74) is 2.00. The third-order valence-electron chi connectivity index (χ3n) is 6.92. The number of aromatic nitrogens is 1. The first-order valence-corrected chi connectivity index (χ1v) is 14.1. The molecular formula is C30H42N6O4. The minimum atomic E-state index is -0.891. The molecule has 4 N–H and O–H groups in total. The molecule has 3 atom stereocenters. The maximum absolute atomic E-state index is 13.2. The molecule has 0 spiro atoms. The molecule has 1 fully saturated rings. The predicted octanol–water partition coefficient (Wildman–Crippen LogP) is 1.56. The second kappa shape index (κ2) is 15.7. The predicted molar refractivity (Wildman–Crippen MR) is 153 cm³/mol. The summed E-state index contributed by atoms with van der Waals surface area (Å²) in [4.78, 5) is 58.4. The standard InChI is InChI=1S/C30H42N6O4/c1-21(2)27-30(40)32-14-8-18-36(20-24-12-15-31-16-13-24)17-7-11-26(37)34-25(19-23-9-5-4-6-10-23)29(39)33-22(3)28(38)35-27/h4-6,9-10,12-13,15-16,21-22,25,27H,7-8,11,14,17-20H2,1-3H3,(H,32,40)(H,33,39)(H,34,37)(H,35,38)/t22-,25+,27-/m1/s1. The summed E-state index contributed by atoms with van der Waals surface area (Å²) < 4.78 is 0. The zero-order valence-electron chi connectivity index (χ0n) is 23.7. The van der Waals surface area contributed by atoms with Gasteiger partial charge in [-0.1, -0.05) is 44.2 Å². The van der Waals surface area contributed by atoms with E-state index in [1.165, 1.54) is 0 Å². The van der Waals surface area contributed by atoms with Gasteiger partial charge < -0.3 is 21.3 Å². The fourth-order valence-corrected chi connectivity index (χ4v) is 4.62. The summed E-state index contributed by atoms with van der Waals surface area (Å²) in [6.45, 7) is 7.85. The van der Waals surface area contributed by atoms with Crippen LogP contribution >= 0.6 is 0 Å². The first-order valence-electron chi connectivity index (χ1n) is 14.1. The van der Waals surface area contributed by atoms with Crippen LogP contribution in [0.3, 0.4) is 0 Å². The van der Waals surface area contributed by atoms with Crippen molar-refractivity contribution in [2.24, 2.45) is 5.92 Å². The van der Waals surface area contributed by atoms with Crippen LogP contribution in [0.1, 0.15) is 51.2 Å². The molecule has 4 amide bonds. The summed E-state index contributed by atoms with van der Waals surface area (Å²) in [6.07, 6.45) is 5.38. The lowest BCUT2D eigenvalue weighted by molar-refractivity contribution is -0.134. The van der Waals surface area contributed by atoms with Crippen molar-refractivity contribution in [3.8, 4) is 0 Å². The monoisotopic (exact) mass is 550 g/mol. The van der Waals surface area contributed by atoms with Crippen LogP contribution in [0, 0.1) is 5.92 Å². The van der Waals surface area contributed by atoms with Crippen LogP contribution in [0.4, 0.5) is 0 Å². The minimum Gasteiger partial charge on any atom is -0.354 e. The van der Waals surface area contributed by atoms with Crippen LogP contribution in [0.5, 0.6) is 0 Å². The van der Waals surface area contributed by atoms with E-state index in [9.17, 15) is 19.2 Å². The van der Waals surface area contributed by atoms with Gasteiger partial charge in [0.25, 0.3) is 0 Å². The summed E-state index contributed by atoms with van der Waals surface area (Å²) in [5.74, 6) is -1.53. The molecule has 1 aromatic heterocycles. The van der Waals surface area contributed by atoms with Crippen LogP contribution in [0.25, 0.3) is 0 Å². The van der Waals surface area contributed by atoms with E-state index in [-0.39, 0.29) is 30.6 Å². The van der Waals surface area contributed by atoms with Gasteiger partial charge in [0.1, 0.15) is 18.1 Å². The highest BCUT2D eigenvalue weighted by Gasteiger charge is 2.29. The number of hydrogen-bond donors (Lipinski definition) is 4. The lowest BCUT2D eigenvalue weighted by atomic mass is 10.0. The topological polar surface area (TPSA) is 133 Å². The Kier molecular flexibility index (Phi) is 12.1.